The van der Waals surface area contributed by atoms with Gasteiger partial charge in [0.2, 0.25) is 5.91 Å². The average molecular weight is 261 g/mol. The minimum Gasteiger partial charge on any atom is -0.469 e. The summed E-state index contributed by atoms with van der Waals surface area (Å²) in [4.78, 5) is 25.0. The largest absolute Gasteiger partial charge is 0.469 e. The van der Waals surface area contributed by atoms with Crippen molar-refractivity contribution < 1.29 is 14.3 Å². The normalized spacial score (nSPS) is 18.7. The van der Waals surface area contributed by atoms with Crippen LogP contribution in [0, 0.1) is 5.92 Å². The van der Waals surface area contributed by atoms with Crippen molar-refractivity contribution >= 4 is 11.9 Å². The van der Waals surface area contributed by atoms with Gasteiger partial charge in [0.05, 0.1) is 13.0 Å². The van der Waals surface area contributed by atoms with Crippen LogP contribution in [-0.2, 0) is 27.3 Å². The van der Waals surface area contributed by atoms with Crippen molar-refractivity contribution in [3.63, 3.8) is 0 Å². The SMILES string of the molecule is CCc1ccc(CN2CC(C(=O)OC)CC2=O)cc1. The van der Waals surface area contributed by atoms with Gasteiger partial charge in [-0.1, -0.05) is 31.2 Å². The van der Waals surface area contributed by atoms with Gasteiger partial charge in [0, 0.05) is 19.5 Å². The maximum atomic E-state index is 11.9. The number of hydrogen-bond acceptors (Lipinski definition) is 3. The van der Waals surface area contributed by atoms with E-state index in [1.807, 2.05) is 12.1 Å². The molecule has 0 spiro atoms. The van der Waals surface area contributed by atoms with Crippen LogP contribution in [0.3, 0.4) is 0 Å². The number of rotatable bonds is 4. The summed E-state index contributed by atoms with van der Waals surface area (Å²) in [5.74, 6) is -0.584. The molecule has 0 bridgehead atoms. The van der Waals surface area contributed by atoms with Gasteiger partial charge in [-0.05, 0) is 17.5 Å². The minimum atomic E-state index is -0.313. The van der Waals surface area contributed by atoms with E-state index < -0.39 is 0 Å². The van der Waals surface area contributed by atoms with Gasteiger partial charge in [-0.3, -0.25) is 9.59 Å². The molecule has 0 N–H and O–H groups in total. The van der Waals surface area contributed by atoms with Gasteiger partial charge in [0.15, 0.2) is 0 Å². The monoisotopic (exact) mass is 261 g/mol. The molecule has 4 heteroatoms. The predicted molar refractivity (Wildman–Crippen MR) is 71.4 cm³/mol. The molecule has 1 heterocycles. The number of ether oxygens (including phenoxy) is 1. The molecule has 1 saturated heterocycles. The van der Waals surface area contributed by atoms with E-state index in [0.717, 1.165) is 12.0 Å². The van der Waals surface area contributed by atoms with Gasteiger partial charge in [-0.15, -0.1) is 0 Å². The Morgan fingerprint density at radius 1 is 1.32 bits per heavy atom. The van der Waals surface area contributed by atoms with Crippen molar-refractivity contribution in [1.29, 1.82) is 0 Å². The van der Waals surface area contributed by atoms with Crippen LogP contribution in [0.15, 0.2) is 24.3 Å². The van der Waals surface area contributed by atoms with Crippen LogP contribution in [0.1, 0.15) is 24.5 Å². The highest BCUT2D eigenvalue weighted by atomic mass is 16.5. The summed E-state index contributed by atoms with van der Waals surface area (Å²) in [5.41, 5.74) is 2.38. The highest BCUT2D eigenvalue weighted by Crippen LogP contribution is 2.21. The van der Waals surface area contributed by atoms with Crippen molar-refractivity contribution in [3.8, 4) is 0 Å². The number of nitrogens with zero attached hydrogens (tertiary/aromatic N) is 1. The molecule has 1 atom stereocenters. The first-order valence-corrected chi connectivity index (χ1v) is 6.57. The van der Waals surface area contributed by atoms with Crippen LogP contribution in [0.4, 0.5) is 0 Å². The first-order valence-electron chi connectivity index (χ1n) is 6.57. The van der Waals surface area contributed by atoms with Crippen LogP contribution >= 0.6 is 0 Å². The summed E-state index contributed by atoms with van der Waals surface area (Å²) in [6.45, 7) is 3.14. The lowest BCUT2D eigenvalue weighted by molar-refractivity contribution is -0.145. The molecule has 0 radical (unpaired) electrons. The molecule has 4 nitrogen and oxygen atoms in total. The fourth-order valence-corrected chi connectivity index (χ4v) is 2.35. The number of amides is 1. The number of carbonyl (C=O) groups is 2. The van der Waals surface area contributed by atoms with Crippen LogP contribution < -0.4 is 0 Å². The summed E-state index contributed by atoms with van der Waals surface area (Å²) < 4.78 is 4.69. The summed E-state index contributed by atoms with van der Waals surface area (Å²) in [6, 6.07) is 8.23. The fourth-order valence-electron chi connectivity index (χ4n) is 2.35. The summed E-state index contributed by atoms with van der Waals surface area (Å²) in [6.07, 6.45) is 1.27. The zero-order valence-corrected chi connectivity index (χ0v) is 11.4. The highest BCUT2D eigenvalue weighted by molar-refractivity contribution is 5.86. The van der Waals surface area contributed by atoms with Crippen molar-refractivity contribution in [2.45, 2.75) is 26.3 Å². The lowest BCUT2D eigenvalue weighted by Gasteiger charge is -2.16. The highest BCUT2D eigenvalue weighted by Gasteiger charge is 2.34. The zero-order valence-electron chi connectivity index (χ0n) is 11.4. The second kappa shape index (κ2) is 5.87. The molecule has 0 saturated carbocycles. The van der Waals surface area contributed by atoms with E-state index in [0.29, 0.717) is 13.1 Å². The van der Waals surface area contributed by atoms with Crippen LogP contribution in [-0.4, -0.2) is 30.4 Å². The van der Waals surface area contributed by atoms with Gasteiger partial charge < -0.3 is 9.64 Å². The lowest BCUT2D eigenvalue weighted by Crippen LogP contribution is -2.26. The van der Waals surface area contributed by atoms with Gasteiger partial charge in [-0.2, -0.15) is 0 Å². The lowest BCUT2D eigenvalue weighted by atomic mass is 10.1. The molecule has 19 heavy (non-hydrogen) atoms. The van der Waals surface area contributed by atoms with E-state index in [1.165, 1.54) is 12.7 Å². The molecule has 1 aromatic carbocycles. The van der Waals surface area contributed by atoms with Gasteiger partial charge in [0.1, 0.15) is 0 Å². The van der Waals surface area contributed by atoms with Crippen LogP contribution in [0.2, 0.25) is 0 Å². The topological polar surface area (TPSA) is 46.6 Å². The Hall–Kier alpha value is -1.84. The Kier molecular flexibility index (Phi) is 4.20. The number of aryl methyl sites for hydroxylation is 1. The van der Waals surface area contributed by atoms with Gasteiger partial charge in [-0.25, -0.2) is 0 Å². The van der Waals surface area contributed by atoms with E-state index in [4.69, 9.17) is 4.74 Å². The molecule has 2 rings (SSSR count). The van der Waals surface area contributed by atoms with E-state index >= 15 is 0 Å². The Bertz CT molecular complexity index is 467. The van der Waals surface area contributed by atoms with Crippen LogP contribution in [0.25, 0.3) is 0 Å². The first-order chi connectivity index (χ1) is 9.13. The Morgan fingerprint density at radius 2 is 1.95 bits per heavy atom. The Labute approximate surface area is 113 Å². The molecule has 0 aliphatic carbocycles. The zero-order chi connectivity index (χ0) is 13.8. The van der Waals surface area contributed by atoms with Crippen molar-refractivity contribution in [2.75, 3.05) is 13.7 Å². The number of methoxy groups -OCH3 is 1. The molecule has 1 amide bonds. The molecule has 0 aromatic heterocycles. The number of carbonyl (C=O) groups excluding carboxylic acids is 2. The maximum Gasteiger partial charge on any atom is 0.310 e. The average Bonchev–Trinajstić information content (AvgIpc) is 2.80. The van der Waals surface area contributed by atoms with Gasteiger partial charge >= 0.3 is 5.97 Å². The van der Waals surface area contributed by atoms with E-state index in [-0.39, 0.29) is 24.2 Å². The summed E-state index contributed by atoms with van der Waals surface area (Å²) in [7, 11) is 1.36. The second-order valence-corrected chi connectivity index (χ2v) is 4.87. The number of benzene rings is 1. The molecular weight excluding hydrogens is 242 g/mol. The van der Waals surface area contributed by atoms with Crippen molar-refractivity contribution in [1.82, 2.24) is 4.90 Å². The standard InChI is InChI=1S/C15H19NO3/c1-3-11-4-6-12(7-5-11)9-16-10-13(8-14(16)17)15(18)19-2/h4-7,13H,3,8-10H2,1-2H3. The van der Waals surface area contributed by atoms with Crippen LogP contribution in [0.5, 0.6) is 0 Å². The summed E-state index contributed by atoms with van der Waals surface area (Å²) in [5, 5.41) is 0. The Balaban J connectivity index is 1.99. The Morgan fingerprint density at radius 3 is 2.53 bits per heavy atom. The fraction of sp³-hybridized carbons (Fsp3) is 0.467. The van der Waals surface area contributed by atoms with E-state index in [9.17, 15) is 9.59 Å². The number of hydrogen-bond donors (Lipinski definition) is 0. The third-order valence-electron chi connectivity index (χ3n) is 3.55. The van der Waals surface area contributed by atoms with Crippen molar-refractivity contribution in [3.05, 3.63) is 35.4 Å². The molecular formula is C15H19NO3. The summed E-state index contributed by atoms with van der Waals surface area (Å²) >= 11 is 0. The molecule has 1 unspecified atom stereocenters. The molecule has 1 fully saturated rings. The smallest absolute Gasteiger partial charge is 0.310 e. The quantitative estimate of drug-likeness (QED) is 0.776. The third kappa shape index (κ3) is 3.13. The molecule has 102 valence electrons. The maximum absolute atomic E-state index is 11.9. The molecule has 1 aliphatic rings. The van der Waals surface area contributed by atoms with E-state index in [2.05, 4.69) is 19.1 Å². The third-order valence-corrected chi connectivity index (χ3v) is 3.55. The van der Waals surface area contributed by atoms with Crippen molar-refractivity contribution in [2.24, 2.45) is 5.92 Å². The van der Waals surface area contributed by atoms with Gasteiger partial charge in [0.25, 0.3) is 0 Å². The molecule has 1 aromatic rings. The first kappa shape index (κ1) is 13.6. The second-order valence-electron chi connectivity index (χ2n) is 4.87. The number of esters is 1. The van der Waals surface area contributed by atoms with E-state index in [1.54, 1.807) is 4.90 Å². The predicted octanol–water partition coefficient (Wildman–Crippen LogP) is 1.77. The molecule has 1 aliphatic heterocycles. The minimum absolute atomic E-state index is 0.0231. The number of likely N-dealkylation sites (tertiary alicyclic amines) is 1.